The van der Waals surface area contributed by atoms with Gasteiger partial charge in [-0.3, -0.25) is 14.6 Å². The fourth-order valence-electron chi connectivity index (χ4n) is 2.51. The number of benzene rings is 1. The number of nitrogens with zero attached hydrogens (tertiary/aromatic N) is 1. The average Bonchev–Trinajstić information content (AvgIpc) is 2.68. The summed E-state index contributed by atoms with van der Waals surface area (Å²) in [6.07, 6.45) is 3.22. The molecule has 1 aliphatic rings. The molecule has 0 spiro atoms. The van der Waals surface area contributed by atoms with E-state index in [1.165, 1.54) is 22.9 Å². The van der Waals surface area contributed by atoms with Crippen LogP contribution in [0.3, 0.4) is 0 Å². The summed E-state index contributed by atoms with van der Waals surface area (Å²) in [6.45, 7) is 0. The highest BCUT2D eigenvalue weighted by atomic mass is 19.1. The van der Waals surface area contributed by atoms with Crippen LogP contribution in [0.5, 0.6) is 0 Å². The molecule has 18 heavy (non-hydrogen) atoms. The second-order valence-electron chi connectivity index (χ2n) is 4.48. The van der Waals surface area contributed by atoms with E-state index in [1.807, 2.05) is 0 Å². The number of fused-ring (bicyclic) bond motifs is 1. The van der Waals surface area contributed by atoms with E-state index in [-0.39, 0.29) is 11.2 Å². The Hall–Kier alpha value is -1.91. The minimum atomic E-state index is -0.672. The largest absolute Gasteiger partial charge is 0.268 e. The first-order valence-electron chi connectivity index (χ1n) is 5.95. The van der Waals surface area contributed by atoms with Crippen LogP contribution in [0.25, 0.3) is 5.69 Å². The maximum absolute atomic E-state index is 13.7. The summed E-state index contributed by atoms with van der Waals surface area (Å²) in [5.41, 5.74) is 0.921. The third-order valence-corrected chi connectivity index (χ3v) is 3.36. The van der Waals surface area contributed by atoms with Gasteiger partial charge in [-0.25, -0.2) is 8.78 Å². The van der Waals surface area contributed by atoms with E-state index in [2.05, 4.69) is 5.10 Å². The van der Waals surface area contributed by atoms with Crippen LogP contribution in [0.1, 0.15) is 24.1 Å². The van der Waals surface area contributed by atoms with Gasteiger partial charge in [0.15, 0.2) is 11.6 Å². The molecular weight excluding hydrogens is 238 g/mol. The summed E-state index contributed by atoms with van der Waals surface area (Å²) < 4.78 is 28.7. The van der Waals surface area contributed by atoms with Gasteiger partial charge in [-0.05, 0) is 37.8 Å². The summed E-state index contributed by atoms with van der Waals surface area (Å²) in [5, 5.41) is 2.53. The highest BCUT2D eigenvalue weighted by molar-refractivity contribution is 5.38. The Bertz CT molecular complexity index is 637. The van der Waals surface area contributed by atoms with E-state index in [0.29, 0.717) is 24.1 Å². The number of rotatable bonds is 1. The van der Waals surface area contributed by atoms with Crippen molar-refractivity contribution < 1.29 is 8.78 Å². The molecule has 0 aliphatic heterocycles. The van der Waals surface area contributed by atoms with Gasteiger partial charge in [0.2, 0.25) is 0 Å². The predicted molar refractivity (Wildman–Crippen MR) is 62.9 cm³/mol. The first-order chi connectivity index (χ1) is 8.68. The molecule has 1 N–H and O–H groups in total. The zero-order chi connectivity index (χ0) is 12.7. The second-order valence-corrected chi connectivity index (χ2v) is 4.48. The maximum Gasteiger partial charge on any atom is 0.267 e. The lowest BCUT2D eigenvalue weighted by Crippen LogP contribution is -2.11. The molecule has 94 valence electrons. The van der Waals surface area contributed by atoms with Gasteiger partial charge >= 0.3 is 0 Å². The molecule has 0 fully saturated rings. The van der Waals surface area contributed by atoms with Crippen LogP contribution in [-0.2, 0) is 12.8 Å². The molecule has 0 bridgehead atoms. The predicted octanol–water partition coefficient (Wildman–Crippen LogP) is 2.32. The summed E-state index contributed by atoms with van der Waals surface area (Å²) in [6, 6.07) is 3.68. The van der Waals surface area contributed by atoms with Crippen LogP contribution in [0.4, 0.5) is 8.78 Å². The highest BCUT2D eigenvalue weighted by Gasteiger charge is 2.22. The summed E-state index contributed by atoms with van der Waals surface area (Å²) >= 11 is 0. The summed E-state index contributed by atoms with van der Waals surface area (Å²) in [5.74, 6) is -1.34. The van der Waals surface area contributed by atoms with Crippen molar-refractivity contribution in [1.29, 1.82) is 0 Å². The molecule has 0 amide bonds. The molecular formula is C13H12F2N2O. The van der Waals surface area contributed by atoms with Crippen molar-refractivity contribution in [1.82, 2.24) is 9.78 Å². The van der Waals surface area contributed by atoms with Gasteiger partial charge in [0.05, 0.1) is 0 Å². The van der Waals surface area contributed by atoms with E-state index >= 15 is 0 Å². The van der Waals surface area contributed by atoms with Gasteiger partial charge in [-0.2, -0.15) is 0 Å². The fourth-order valence-corrected chi connectivity index (χ4v) is 2.51. The number of halogens is 2. The van der Waals surface area contributed by atoms with Crippen molar-refractivity contribution in [2.75, 3.05) is 0 Å². The standard InChI is InChI=1S/C13H12F2N2O/c14-9-5-3-6-10(15)12(9)17-11-7-2-1-4-8(11)13(18)16-17/h3,5-6H,1-2,4,7H2,(H,16,18). The highest BCUT2D eigenvalue weighted by Crippen LogP contribution is 2.23. The van der Waals surface area contributed by atoms with Gasteiger partial charge in [-0.15, -0.1) is 0 Å². The number of hydrogen-bond donors (Lipinski definition) is 1. The van der Waals surface area contributed by atoms with Gasteiger partial charge in [-0.1, -0.05) is 6.07 Å². The van der Waals surface area contributed by atoms with Crippen LogP contribution in [0.2, 0.25) is 0 Å². The molecule has 1 aromatic heterocycles. The van der Waals surface area contributed by atoms with Crippen LogP contribution in [0.15, 0.2) is 23.0 Å². The van der Waals surface area contributed by atoms with E-state index in [0.717, 1.165) is 12.8 Å². The van der Waals surface area contributed by atoms with Crippen molar-refractivity contribution in [3.05, 3.63) is 51.4 Å². The van der Waals surface area contributed by atoms with Crippen LogP contribution >= 0.6 is 0 Å². The number of aromatic amines is 1. The zero-order valence-electron chi connectivity index (χ0n) is 9.67. The van der Waals surface area contributed by atoms with Crippen molar-refractivity contribution in [2.45, 2.75) is 25.7 Å². The molecule has 3 nitrogen and oxygen atoms in total. The normalized spacial score (nSPS) is 14.6. The molecule has 0 saturated heterocycles. The number of nitrogens with one attached hydrogen (secondary N) is 1. The van der Waals surface area contributed by atoms with Gasteiger partial charge in [0.25, 0.3) is 5.56 Å². The monoisotopic (exact) mass is 250 g/mol. The second kappa shape index (κ2) is 4.08. The molecule has 0 saturated carbocycles. The lowest BCUT2D eigenvalue weighted by Gasteiger charge is -2.14. The zero-order valence-corrected chi connectivity index (χ0v) is 9.67. The van der Waals surface area contributed by atoms with Crippen LogP contribution < -0.4 is 5.56 Å². The Morgan fingerprint density at radius 3 is 2.50 bits per heavy atom. The fraction of sp³-hybridized carbons (Fsp3) is 0.308. The summed E-state index contributed by atoms with van der Waals surface area (Å²) in [4.78, 5) is 11.8. The topological polar surface area (TPSA) is 37.8 Å². The van der Waals surface area contributed by atoms with Crippen LogP contribution in [-0.4, -0.2) is 9.78 Å². The first-order valence-corrected chi connectivity index (χ1v) is 5.95. The van der Waals surface area contributed by atoms with E-state index in [9.17, 15) is 13.6 Å². The Balaban J connectivity index is 2.27. The number of H-pyrrole nitrogens is 1. The molecule has 5 heteroatoms. The Labute approximate surface area is 102 Å². The molecule has 1 heterocycles. The maximum atomic E-state index is 13.7. The van der Waals surface area contributed by atoms with E-state index in [4.69, 9.17) is 0 Å². The van der Waals surface area contributed by atoms with Gasteiger partial charge in [0, 0.05) is 11.3 Å². The minimum Gasteiger partial charge on any atom is -0.268 e. The first kappa shape index (κ1) is 11.2. The molecule has 3 rings (SSSR count). The molecule has 0 atom stereocenters. The number of para-hydroxylation sites is 1. The molecule has 1 aromatic carbocycles. The lowest BCUT2D eigenvalue weighted by atomic mass is 9.98. The van der Waals surface area contributed by atoms with E-state index in [1.54, 1.807) is 0 Å². The average molecular weight is 250 g/mol. The number of hydrogen-bond acceptors (Lipinski definition) is 1. The minimum absolute atomic E-state index is 0.197. The van der Waals surface area contributed by atoms with Crippen molar-refractivity contribution >= 4 is 0 Å². The van der Waals surface area contributed by atoms with Gasteiger partial charge < -0.3 is 0 Å². The Morgan fingerprint density at radius 2 is 1.78 bits per heavy atom. The third kappa shape index (κ3) is 1.58. The Morgan fingerprint density at radius 1 is 1.11 bits per heavy atom. The van der Waals surface area contributed by atoms with Gasteiger partial charge in [0.1, 0.15) is 5.69 Å². The quantitative estimate of drug-likeness (QED) is 0.828. The molecule has 0 radical (unpaired) electrons. The Kier molecular flexibility index (Phi) is 2.54. The lowest BCUT2D eigenvalue weighted by molar-refractivity contribution is 0.550. The number of aromatic nitrogens is 2. The molecule has 2 aromatic rings. The van der Waals surface area contributed by atoms with Crippen molar-refractivity contribution in [3.63, 3.8) is 0 Å². The third-order valence-electron chi connectivity index (χ3n) is 3.36. The van der Waals surface area contributed by atoms with Crippen molar-refractivity contribution in [3.8, 4) is 5.69 Å². The van der Waals surface area contributed by atoms with Crippen molar-refractivity contribution in [2.24, 2.45) is 0 Å². The summed E-state index contributed by atoms with van der Waals surface area (Å²) in [7, 11) is 0. The van der Waals surface area contributed by atoms with Crippen LogP contribution in [0, 0.1) is 11.6 Å². The molecule has 0 unspecified atom stereocenters. The van der Waals surface area contributed by atoms with E-state index < -0.39 is 11.6 Å². The molecule has 1 aliphatic carbocycles. The SMILES string of the molecule is O=c1[nH]n(-c2c(F)cccc2F)c2c1CCCC2. The smallest absolute Gasteiger partial charge is 0.267 e.